The number of benzene rings is 1. The maximum Gasteiger partial charge on any atom is 0.335 e. The van der Waals surface area contributed by atoms with Crippen LogP contribution in [0.25, 0.3) is 0 Å². The van der Waals surface area contributed by atoms with Gasteiger partial charge in [-0.05, 0) is 37.0 Å². The van der Waals surface area contributed by atoms with Crippen molar-refractivity contribution in [3.8, 4) is 0 Å². The summed E-state index contributed by atoms with van der Waals surface area (Å²) >= 11 is 0. The Bertz CT molecular complexity index is 413. The largest absolute Gasteiger partial charge is 0.478 e. The second-order valence-corrected chi connectivity index (χ2v) is 4.69. The maximum absolute atomic E-state index is 10.8. The van der Waals surface area contributed by atoms with Gasteiger partial charge in [0, 0.05) is 13.1 Å². The summed E-state index contributed by atoms with van der Waals surface area (Å²) in [5.41, 5.74) is 0.684. The third kappa shape index (κ3) is 3.05. The number of hydrogen-bond acceptors (Lipinski definition) is 3. The fourth-order valence-corrected chi connectivity index (χ4v) is 2.02. The Morgan fingerprint density at radius 1 is 1.41 bits per heavy atom. The van der Waals surface area contributed by atoms with Crippen LogP contribution < -0.4 is 5.32 Å². The van der Waals surface area contributed by atoms with Gasteiger partial charge in [-0.25, -0.2) is 4.79 Å². The predicted octanol–water partition coefficient (Wildman–Crippen LogP) is 1.39. The highest BCUT2D eigenvalue weighted by atomic mass is 16.4. The second kappa shape index (κ2) is 4.85. The van der Waals surface area contributed by atoms with E-state index in [1.807, 2.05) is 6.07 Å². The number of aromatic carboxylic acids is 1. The molecule has 0 aliphatic heterocycles. The Balaban J connectivity index is 1.86. The maximum atomic E-state index is 10.8. The van der Waals surface area contributed by atoms with Gasteiger partial charge in [-0.1, -0.05) is 12.1 Å². The number of hydrogen-bond donors (Lipinski definition) is 3. The molecule has 0 radical (unpaired) electrons. The van der Waals surface area contributed by atoms with E-state index in [0.29, 0.717) is 18.7 Å². The van der Waals surface area contributed by atoms with Gasteiger partial charge in [0.05, 0.1) is 11.2 Å². The lowest BCUT2D eigenvalue weighted by atomic mass is 9.80. The van der Waals surface area contributed by atoms with Crippen LogP contribution in [0.4, 0.5) is 0 Å². The Labute approximate surface area is 100 Å². The molecule has 0 bridgehead atoms. The van der Waals surface area contributed by atoms with Gasteiger partial charge >= 0.3 is 5.97 Å². The Morgan fingerprint density at radius 2 is 2.18 bits per heavy atom. The molecule has 1 aliphatic carbocycles. The monoisotopic (exact) mass is 235 g/mol. The number of aliphatic hydroxyl groups is 1. The van der Waals surface area contributed by atoms with Crippen molar-refractivity contribution in [3.05, 3.63) is 35.4 Å². The summed E-state index contributed by atoms with van der Waals surface area (Å²) < 4.78 is 0. The molecule has 0 atom stereocenters. The third-order valence-corrected chi connectivity index (χ3v) is 3.24. The van der Waals surface area contributed by atoms with E-state index < -0.39 is 11.6 Å². The van der Waals surface area contributed by atoms with Crippen molar-refractivity contribution in [2.24, 2.45) is 0 Å². The molecule has 0 amide bonds. The normalized spacial score (nSPS) is 17.5. The van der Waals surface area contributed by atoms with E-state index in [0.717, 1.165) is 24.8 Å². The van der Waals surface area contributed by atoms with Crippen LogP contribution >= 0.6 is 0 Å². The van der Waals surface area contributed by atoms with Gasteiger partial charge in [-0.3, -0.25) is 0 Å². The van der Waals surface area contributed by atoms with Crippen LogP contribution in [0.2, 0.25) is 0 Å². The summed E-state index contributed by atoms with van der Waals surface area (Å²) in [6.45, 7) is 1.16. The van der Waals surface area contributed by atoms with Crippen molar-refractivity contribution in [1.82, 2.24) is 5.32 Å². The average Bonchev–Trinajstić information content (AvgIpc) is 2.27. The molecule has 4 nitrogen and oxygen atoms in total. The molecule has 1 aliphatic rings. The van der Waals surface area contributed by atoms with Crippen molar-refractivity contribution >= 4 is 5.97 Å². The minimum absolute atomic E-state index is 0.298. The van der Waals surface area contributed by atoms with Gasteiger partial charge in [-0.2, -0.15) is 0 Å². The van der Waals surface area contributed by atoms with Gasteiger partial charge < -0.3 is 15.5 Å². The fraction of sp³-hybridized carbons (Fsp3) is 0.462. The second-order valence-electron chi connectivity index (χ2n) is 4.69. The highest BCUT2D eigenvalue weighted by Crippen LogP contribution is 2.30. The molecule has 17 heavy (non-hydrogen) atoms. The molecule has 0 aromatic heterocycles. The molecular formula is C13H17NO3. The quantitative estimate of drug-likeness (QED) is 0.721. The molecule has 0 saturated heterocycles. The van der Waals surface area contributed by atoms with Gasteiger partial charge in [0.15, 0.2) is 0 Å². The van der Waals surface area contributed by atoms with E-state index in [9.17, 15) is 9.90 Å². The molecule has 0 spiro atoms. The molecule has 1 aromatic rings. The van der Waals surface area contributed by atoms with Crippen molar-refractivity contribution in [2.45, 2.75) is 31.4 Å². The van der Waals surface area contributed by atoms with Crippen LogP contribution in [0.3, 0.4) is 0 Å². The summed E-state index contributed by atoms with van der Waals surface area (Å²) in [6.07, 6.45) is 2.80. The highest BCUT2D eigenvalue weighted by molar-refractivity contribution is 5.87. The number of rotatable bonds is 5. The van der Waals surface area contributed by atoms with E-state index in [4.69, 9.17) is 5.11 Å². The van der Waals surface area contributed by atoms with Crippen LogP contribution in [-0.2, 0) is 6.54 Å². The van der Waals surface area contributed by atoms with Gasteiger partial charge in [0.25, 0.3) is 0 Å². The molecular weight excluding hydrogens is 218 g/mol. The van der Waals surface area contributed by atoms with Gasteiger partial charge in [0.1, 0.15) is 0 Å². The van der Waals surface area contributed by atoms with Crippen LogP contribution in [0.5, 0.6) is 0 Å². The lowest BCUT2D eigenvalue weighted by Gasteiger charge is -2.36. The van der Waals surface area contributed by atoms with Gasteiger partial charge in [-0.15, -0.1) is 0 Å². The van der Waals surface area contributed by atoms with Crippen molar-refractivity contribution < 1.29 is 15.0 Å². The summed E-state index contributed by atoms with van der Waals surface area (Å²) in [5, 5.41) is 21.9. The van der Waals surface area contributed by atoms with Crippen LogP contribution in [0.1, 0.15) is 35.2 Å². The van der Waals surface area contributed by atoms with E-state index in [1.54, 1.807) is 18.2 Å². The molecule has 0 heterocycles. The molecule has 2 rings (SSSR count). The zero-order valence-corrected chi connectivity index (χ0v) is 9.65. The summed E-state index contributed by atoms with van der Waals surface area (Å²) in [5.74, 6) is -0.913. The first-order chi connectivity index (χ1) is 8.09. The molecule has 1 aromatic carbocycles. The van der Waals surface area contributed by atoms with Crippen molar-refractivity contribution in [2.75, 3.05) is 6.54 Å². The molecule has 92 valence electrons. The molecule has 0 unspecified atom stereocenters. The van der Waals surface area contributed by atoms with Crippen LogP contribution in [0.15, 0.2) is 24.3 Å². The SMILES string of the molecule is O=C(O)c1cccc(CNCC2(O)CCC2)c1. The fourth-order valence-electron chi connectivity index (χ4n) is 2.02. The minimum atomic E-state index is -0.913. The standard InChI is InChI=1S/C13H17NO3/c15-12(16)11-4-1-3-10(7-11)8-14-9-13(17)5-2-6-13/h1,3-4,7,14,17H,2,5-6,8-9H2,(H,15,16). The Morgan fingerprint density at radius 3 is 2.76 bits per heavy atom. The minimum Gasteiger partial charge on any atom is -0.478 e. The first kappa shape index (κ1) is 12.1. The number of nitrogens with one attached hydrogen (secondary N) is 1. The number of carboxylic acids is 1. The molecule has 3 N–H and O–H groups in total. The van der Waals surface area contributed by atoms with E-state index in [1.165, 1.54) is 0 Å². The van der Waals surface area contributed by atoms with Gasteiger partial charge in [0.2, 0.25) is 0 Å². The lowest BCUT2D eigenvalue weighted by Crippen LogP contribution is -2.45. The predicted molar refractivity (Wildman–Crippen MR) is 63.9 cm³/mol. The number of carboxylic acid groups (broad SMARTS) is 1. The summed E-state index contributed by atoms with van der Waals surface area (Å²) in [4.78, 5) is 10.8. The molecule has 1 fully saturated rings. The van der Waals surface area contributed by atoms with E-state index >= 15 is 0 Å². The van der Waals surface area contributed by atoms with Crippen LogP contribution in [0, 0.1) is 0 Å². The molecule has 1 saturated carbocycles. The molecule has 4 heteroatoms. The third-order valence-electron chi connectivity index (χ3n) is 3.24. The Kier molecular flexibility index (Phi) is 3.45. The average molecular weight is 235 g/mol. The zero-order chi connectivity index (χ0) is 12.3. The zero-order valence-electron chi connectivity index (χ0n) is 9.65. The van der Waals surface area contributed by atoms with E-state index in [2.05, 4.69) is 5.32 Å². The first-order valence-corrected chi connectivity index (χ1v) is 5.84. The van der Waals surface area contributed by atoms with Crippen molar-refractivity contribution in [1.29, 1.82) is 0 Å². The lowest BCUT2D eigenvalue weighted by molar-refractivity contribution is -0.0314. The highest BCUT2D eigenvalue weighted by Gasteiger charge is 2.33. The topological polar surface area (TPSA) is 69.6 Å². The van der Waals surface area contributed by atoms with Crippen LogP contribution in [-0.4, -0.2) is 28.3 Å². The Hall–Kier alpha value is -1.39. The summed E-state index contributed by atoms with van der Waals surface area (Å²) in [7, 11) is 0. The van der Waals surface area contributed by atoms with E-state index in [-0.39, 0.29) is 0 Å². The van der Waals surface area contributed by atoms with Crippen molar-refractivity contribution in [3.63, 3.8) is 0 Å². The smallest absolute Gasteiger partial charge is 0.335 e. The summed E-state index contributed by atoms with van der Waals surface area (Å²) in [6, 6.07) is 6.84. The first-order valence-electron chi connectivity index (χ1n) is 5.84. The number of carbonyl (C=O) groups is 1.